The van der Waals surface area contributed by atoms with Crippen LogP contribution in [-0.4, -0.2) is 22.5 Å². The molecule has 0 radical (unpaired) electrons. The topological polar surface area (TPSA) is 61.3 Å². The minimum absolute atomic E-state index is 0.304. The fraction of sp³-hybridized carbons (Fsp3) is 0.500. The number of ether oxygens (including phenoxy) is 2. The summed E-state index contributed by atoms with van der Waals surface area (Å²) in [6.07, 6.45) is 8.71. The maximum atomic E-state index is 12.4. The summed E-state index contributed by atoms with van der Waals surface area (Å²) in [7, 11) is 0. The van der Waals surface area contributed by atoms with E-state index in [2.05, 4.69) is 23.8 Å². The molecule has 1 atom stereocenters. The van der Waals surface area contributed by atoms with Crippen LogP contribution in [0.2, 0.25) is 0 Å². The number of benzene rings is 1. The molecule has 0 aliphatic rings. The normalized spacial score (nSPS) is 11.8. The SMILES string of the molecule is CCCCCc1ncc(C(=O)OC(CC)c2ccc(OCCC)cc2)cn1. The van der Waals surface area contributed by atoms with Crippen molar-refractivity contribution in [2.24, 2.45) is 0 Å². The lowest BCUT2D eigenvalue weighted by Crippen LogP contribution is -2.12. The first-order chi connectivity index (χ1) is 13.2. The molecular formula is C22H30N2O3. The quantitative estimate of drug-likeness (QED) is 0.396. The summed E-state index contributed by atoms with van der Waals surface area (Å²) in [5.74, 6) is 1.21. The van der Waals surface area contributed by atoms with E-state index in [0.717, 1.165) is 49.2 Å². The number of aromatic nitrogens is 2. The molecule has 0 saturated heterocycles. The van der Waals surface area contributed by atoms with Gasteiger partial charge < -0.3 is 9.47 Å². The van der Waals surface area contributed by atoms with Crippen molar-refractivity contribution >= 4 is 5.97 Å². The van der Waals surface area contributed by atoms with Crippen LogP contribution in [0, 0.1) is 0 Å². The first kappa shape index (κ1) is 20.9. The Kier molecular flexibility index (Phi) is 8.75. The predicted molar refractivity (Wildman–Crippen MR) is 106 cm³/mol. The number of hydrogen-bond donors (Lipinski definition) is 0. The molecule has 0 saturated carbocycles. The Morgan fingerprint density at radius 1 is 1.00 bits per heavy atom. The average molecular weight is 370 g/mol. The largest absolute Gasteiger partial charge is 0.494 e. The van der Waals surface area contributed by atoms with Gasteiger partial charge in [-0.1, -0.05) is 45.7 Å². The highest BCUT2D eigenvalue weighted by atomic mass is 16.5. The van der Waals surface area contributed by atoms with Gasteiger partial charge in [-0.3, -0.25) is 0 Å². The van der Waals surface area contributed by atoms with E-state index in [9.17, 15) is 4.79 Å². The van der Waals surface area contributed by atoms with Gasteiger partial charge >= 0.3 is 5.97 Å². The summed E-state index contributed by atoms with van der Waals surface area (Å²) in [5.41, 5.74) is 1.34. The van der Waals surface area contributed by atoms with Crippen molar-refractivity contribution in [1.82, 2.24) is 9.97 Å². The molecule has 2 rings (SSSR count). The first-order valence-electron chi connectivity index (χ1n) is 9.92. The Hall–Kier alpha value is -2.43. The number of rotatable bonds is 11. The van der Waals surface area contributed by atoms with Gasteiger partial charge in [0.1, 0.15) is 17.7 Å². The molecule has 0 bridgehead atoms. The lowest BCUT2D eigenvalue weighted by molar-refractivity contribution is 0.0286. The van der Waals surface area contributed by atoms with Gasteiger partial charge in [0, 0.05) is 18.8 Å². The third-order valence-electron chi connectivity index (χ3n) is 4.29. The fourth-order valence-corrected chi connectivity index (χ4v) is 2.71. The molecule has 0 N–H and O–H groups in total. The van der Waals surface area contributed by atoms with E-state index < -0.39 is 5.97 Å². The zero-order valence-corrected chi connectivity index (χ0v) is 16.6. The van der Waals surface area contributed by atoms with E-state index in [4.69, 9.17) is 9.47 Å². The van der Waals surface area contributed by atoms with Crippen molar-refractivity contribution in [2.75, 3.05) is 6.61 Å². The van der Waals surface area contributed by atoms with Crippen LogP contribution in [0.5, 0.6) is 5.75 Å². The predicted octanol–water partition coefficient (Wildman–Crippen LogP) is 5.31. The fourth-order valence-electron chi connectivity index (χ4n) is 2.71. The number of unbranched alkanes of at least 4 members (excludes halogenated alkanes) is 2. The number of aryl methyl sites for hydroxylation is 1. The van der Waals surface area contributed by atoms with Crippen molar-refractivity contribution in [3.63, 3.8) is 0 Å². The average Bonchev–Trinajstić information content (AvgIpc) is 2.71. The van der Waals surface area contributed by atoms with Crippen LogP contribution in [0.1, 0.15) is 80.7 Å². The van der Waals surface area contributed by atoms with Crippen LogP contribution in [0.15, 0.2) is 36.7 Å². The van der Waals surface area contributed by atoms with E-state index in [1.165, 1.54) is 0 Å². The van der Waals surface area contributed by atoms with Gasteiger partial charge in [-0.2, -0.15) is 0 Å². The van der Waals surface area contributed by atoms with Gasteiger partial charge in [-0.25, -0.2) is 14.8 Å². The van der Waals surface area contributed by atoms with Gasteiger partial charge in [0.05, 0.1) is 12.2 Å². The van der Waals surface area contributed by atoms with Crippen molar-refractivity contribution in [2.45, 2.75) is 65.4 Å². The molecule has 0 aliphatic carbocycles. The highest BCUT2D eigenvalue weighted by Gasteiger charge is 2.17. The molecule has 1 heterocycles. The lowest BCUT2D eigenvalue weighted by atomic mass is 10.1. The van der Waals surface area contributed by atoms with E-state index in [-0.39, 0.29) is 6.10 Å². The van der Waals surface area contributed by atoms with Gasteiger partial charge in [0.15, 0.2) is 0 Å². The monoisotopic (exact) mass is 370 g/mol. The van der Waals surface area contributed by atoms with Crippen molar-refractivity contribution in [1.29, 1.82) is 0 Å². The molecule has 1 aromatic carbocycles. The van der Waals surface area contributed by atoms with Crippen LogP contribution in [0.3, 0.4) is 0 Å². The second kappa shape index (κ2) is 11.3. The third kappa shape index (κ3) is 6.66. The Bertz CT molecular complexity index is 684. The summed E-state index contributed by atoms with van der Waals surface area (Å²) in [6, 6.07) is 7.71. The molecule has 0 fully saturated rings. The molecular weight excluding hydrogens is 340 g/mol. The van der Waals surface area contributed by atoms with Gasteiger partial charge in [0.2, 0.25) is 0 Å². The molecule has 1 unspecified atom stereocenters. The number of carbonyl (C=O) groups is 1. The Morgan fingerprint density at radius 3 is 2.30 bits per heavy atom. The highest BCUT2D eigenvalue weighted by molar-refractivity contribution is 5.88. The van der Waals surface area contributed by atoms with Crippen molar-refractivity contribution < 1.29 is 14.3 Å². The highest BCUT2D eigenvalue weighted by Crippen LogP contribution is 2.24. The van der Waals surface area contributed by atoms with Gasteiger partial charge in [-0.15, -0.1) is 0 Å². The van der Waals surface area contributed by atoms with Crippen molar-refractivity contribution in [3.05, 3.63) is 53.6 Å². The van der Waals surface area contributed by atoms with Crippen LogP contribution >= 0.6 is 0 Å². The van der Waals surface area contributed by atoms with E-state index in [0.29, 0.717) is 18.6 Å². The minimum atomic E-state index is -0.395. The standard InChI is InChI=1S/C22H30N2O3/c1-4-7-8-9-21-23-15-18(16-24-21)22(25)27-20(6-3)17-10-12-19(13-11-17)26-14-5-2/h10-13,15-16,20H,4-9,14H2,1-3H3. The summed E-state index contributed by atoms with van der Waals surface area (Å²) < 4.78 is 11.3. The maximum absolute atomic E-state index is 12.4. The lowest BCUT2D eigenvalue weighted by Gasteiger charge is -2.17. The number of carbonyl (C=O) groups excluding carboxylic acids is 1. The molecule has 1 aromatic heterocycles. The number of nitrogens with zero attached hydrogens (tertiary/aromatic N) is 2. The third-order valence-corrected chi connectivity index (χ3v) is 4.29. The Balaban J connectivity index is 1.95. The summed E-state index contributed by atoms with van der Waals surface area (Å²) in [5, 5.41) is 0. The number of hydrogen-bond acceptors (Lipinski definition) is 5. The zero-order chi connectivity index (χ0) is 19.5. The molecule has 2 aromatic rings. The zero-order valence-electron chi connectivity index (χ0n) is 16.6. The summed E-state index contributed by atoms with van der Waals surface area (Å²) in [4.78, 5) is 21.0. The van der Waals surface area contributed by atoms with Gasteiger partial charge in [-0.05, 0) is 37.0 Å². The van der Waals surface area contributed by atoms with Gasteiger partial charge in [0.25, 0.3) is 0 Å². The maximum Gasteiger partial charge on any atom is 0.341 e. The van der Waals surface area contributed by atoms with Crippen molar-refractivity contribution in [3.8, 4) is 5.75 Å². The van der Waals surface area contributed by atoms with Crippen LogP contribution in [-0.2, 0) is 11.2 Å². The first-order valence-corrected chi connectivity index (χ1v) is 9.92. The molecule has 5 nitrogen and oxygen atoms in total. The summed E-state index contributed by atoms with van der Waals surface area (Å²) >= 11 is 0. The smallest absolute Gasteiger partial charge is 0.341 e. The second-order valence-electron chi connectivity index (χ2n) is 6.56. The van der Waals surface area contributed by atoms with E-state index >= 15 is 0 Å². The molecule has 0 amide bonds. The molecule has 5 heteroatoms. The Labute approximate surface area is 162 Å². The summed E-state index contributed by atoms with van der Waals surface area (Å²) in [6.45, 7) is 6.92. The molecule has 27 heavy (non-hydrogen) atoms. The molecule has 0 aliphatic heterocycles. The minimum Gasteiger partial charge on any atom is -0.494 e. The molecule has 146 valence electrons. The van der Waals surface area contributed by atoms with E-state index in [1.807, 2.05) is 31.2 Å². The van der Waals surface area contributed by atoms with E-state index in [1.54, 1.807) is 12.4 Å². The molecule has 0 spiro atoms. The second-order valence-corrected chi connectivity index (χ2v) is 6.56. The van der Waals surface area contributed by atoms with Crippen LogP contribution in [0.25, 0.3) is 0 Å². The van der Waals surface area contributed by atoms with Crippen LogP contribution in [0.4, 0.5) is 0 Å². The number of esters is 1. The van der Waals surface area contributed by atoms with Crippen LogP contribution < -0.4 is 4.74 Å². The Morgan fingerprint density at radius 2 is 1.70 bits per heavy atom.